The van der Waals surface area contributed by atoms with Crippen LogP contribution in [-0.4, -0.2) is 39.0 Å². The molecule has 2 aromatic rings. The van der Waals surface area contributed by atoms with Crippen LogP contribution in [0.4, 0.5) is 10.6 Å². The zero-order chi connectivity index (χ0) is 13.8. The number of carbonyl (C=O) groups excluding carboxylic acids is 1. The molecule has 2 heterocycles. The Balaban J connectivity index is 2.23. The molecular formula is C11H10N4O4. The van der Waals surface area contributed by atoms with Crippen molar-refractivity contribution in [1.82, 2.24) is 15.2 Å². The first-order valence-electron chi connectivity index (χ1n) is 5.24. The van der Waals surface area contributed by atoms with Gasteiger partial charge in [0.25, 0.3) is 0 Å². The van der Waals surface area contributed by atoms with Crippen LogP contribution in [0.3, 0.4) is 0 Å². The quantitative estimate of drug-likeness (QED) is 0.717. The second-order valence-electron chi connectivity index (χ2n) is 3.51. The van der Waals surface area contributed by atoms with Crippen LogP contribution >= 0.6 is 0 Å². The Bertz CT molecular complexity index is 649. The maximum atomic E-state index is 11.3. The van der Waals surface area contributed by atoms with E-state index in [4.69, 9.17) is 9.84 Å². The Hall–Kier alpha value is -2.90. The van der Waals surface area contributed by atoms with E-state index in [1.54, 1.807) is 0 Å². The molecule has 8 nitrogen and oxygen atoms in total. The number of rotatable bonds is 4. The van der Waals surface area contributed by atoms with Crippen LogP contribution in [0.5, 0.6) is 0 Å². The third kappa shape index (κ3) is 2.68. The fourth-order valence-corrected chi connectivity index (χ4v) is 1.38. The van der Waals surface area contributed by atoms with E-state index in [1.165, 1.54) is 18.3 Å². The highest BCUT2D eigenvalue weighted by Crippen LogP contribution is 2.18. The standard InChI is InChI=1S/C11H10N4O4/c1-2-3-19-11(18)13-9-8-7(14-15-9)4-6(5-12-8)10(16)17/h2,4-5H,1,3H2,(H,16,17)(H2,13,14,15,18). The molecule has 0 aliphatic carbocycles. The molecule has 0 unspecified atom stereocenters. The first-order valence-corrected chi connectivity index (χ1v) is 5.24. The van der Waals surface area contributed by atoms with Crippen LogP contribution in [-0.2, 0) is 4.74 Å². The third-order valence-corrected chi connectivity index (χ3v) is 2.20. The zero-order valence-electron chi connectivity index (χ0n) is 9.71. The second kappa shape index (κ2) is 5.17. The van der Waals surface area contributed by atoms with Gasteiger partial charge in [-0.2, -0.15) is 5.10 Å². The van der Waals surface area contributed by atoms with Gasteiger partial charge in [-0.25, -0.2) is 14.6 Å². The number of pyridine rings is 1. The summed E-state index contributed by atoms with van der Waals surface area (Å²) in [5.74, 6) is -0.926. The average Bonchev–Trinajstić information content (AvgIpc) is 2.78. The Morgan fingerprint density at radius 3 is 3.05 bits per heavy atom. The van der Waals surface area contributed by atoms with E-state index in [9.17, 15) is 9.59 Å². The Kier molecular flexibility index (Phi) is 3.42. The SMILES string of the molecule is C=CCOC(=O)Nc1n[nH]c2cc(C(=O)O)cnc12. The summed E-state index contributed by atoms with van der Waals surface area (Å²) in [6, 6.07) is 1.37. The summed E-state index contributed by atoms with van der Waals surface area (Å²) in [5, 5.41) is 17.6. The third-order valence-electron chi connectivity index (χ3n) is 2.20. The zero-order valence-corrected chi connectivity index (χ0v) is 9.71. The molecule has 2 aromatic heterocycles. The minimum Gasteiger partial charge on any atom is -0.478 e. The van der Waals surface area contributed by atoms with E-state index in [-0.39, 0.29) is 18.0 Å². The van der Waals surface area contributed by atoms with Crippen LogP contribution in [0.15, 0.2) is 24.9 Å². The molecule has 2 rings (SSSR count). The monoisotopic (exact) mass is 262 g/mol. The van der Waals surface area contributed by atoms with Crippen molar-refractivity contribution < 1.29 is 19.4 Å². The largest absolute Gasteiger partial charge is 0.478 e. The summed E-state index contributed by atoms with van der Waals surface area (Å²) in [6.07, 6.45) is 1.91. The number of carboxylic acids is 1. The molecular weight excluding hydrogens is 252 g/mol. The Morgan fingerprint density at radius 1 is 1.58 bits per heavy atom. The molecule has 3 N–H and O–H groups in total. The number of nitrogens with zero attached hydrogens (tertiary/aromatic N) is 2. The lowest BCUT2D eigenvalue weighted by molar-refractivity contribution is 0.0696. The molecule has 0 aliphatic rings. The molecule has 0 aliphatic heterocycles. The highest BCUT2D eigenvalue weighted by Gasteiger charge is 2.13. The predicted molar refractivity (Wildman–Crippen MR) is 66.0 cm³/mol. The lowest BCUT2D eigenvalue weighted by atomic mass is 10.2. The molecule has 1 amide bonds. The number of carbonyl (C=O) groups is 2. The normalized spacial score (nSPS) is 10.1. The van der Waals surface area contributed by atoms with E-state index < -0.39 is 12.1 Å². The van der Waals surface area contributed by atoms with Gasteiger partial charge in [-0.3, -0.25) is 10.4 Å². The van der Waals surface area contributed by atoms with Crippen LogP contribution in [0.25, 0.3) is 11.0 Å². The number of nitrogens with one attached hydrogen (secondary N) is 2. The van der Waals surface area contributed by atoms with Gasteiger partial charge >= 0.3 is 12.1 Å². The first-order chi connectivity index (χ1) is 9.11. The van der Waals surface area contributed by atoms with Gasteiger partial charge in [0.1, 0.15) is 12.1 Å². The van der Waals surface area contributed by atoms with Gasteiger partial charge in [0.15, 0.2) is 5.82 Å². The molecule has 0 radical (unpaired) electrons. The minimum absolute atomic E-state index is 0.0249. The van der Waals surface area contributed by atoms with Crippen molar-refractivity contribution in [3.63, 3.8) is 0 Å². The van der Waals surface area contributed by atoms with Gasteiger partial charge in [-0.1, -0.05) is 12.7 Å². The van der Waals surface area contributed by atoms with Gasteiger partial charge in [0, 0.05) is 6.20 Å². The average molecular weight is 262 g/mol. The molecule has 19 heavy (non-hydrogen) atoms. The number of ether oxygens (including phenoxy) is 1. The number of fused-ring (bicyclic) bond motifs is 1. The van der Waals surface area contributed by atoms with Crippen molar-refractivity contribution in [1.29, 1.82) is 0 Å². The van der Waals surface area contributed by atoms with Crippen LogP contribution in [0, 0.1) is 0 Å². The van der Waals surface area contributed by atoms with Crippen LogP contribution < -0.4 is 5.32 Å². The first kappa shape index (κ1) is 12.6. The van der Waals surface area contributed by atoms with Crippen molar-refractivity contribution in [3.8, 4) is 0 Å². The molecule has 98 valence electrons. The number of aromatic carboxylic acids is 1. The van der Waals surface area contributed by atoms with Crippen molar-refractivity contribution in [2.24, 2.45) is 0 Å². The summed E-state index contributed by atoms with van der Waals surface area (Å²) in [5.41, 5.74) is 0.774. The lowest BCUT2D eigenvalue weighted by Gasteiger charge is -2.01. The molecule has 8 heteroatoms. The Labute approximate surface area is 107 Å². The van der Waals surface area contributed by atoms with Crippen molar-refractivity contribution in [3.05, 3.63) is 30.5 Å². The molecule has 0 bridgehead atoms. The summed E-state index contributed by atoms with van der Waals surface area (Å²) >= 11 is 0. The maximum absolute atomic E-state index is 11.3. The lowest BCUT2D eigenvalue weighted by Crippen LogP contribution is -2.14. The second-order valence-corrected chi connectivity index (χ2v) is 3.51. The van der Waals surface area contributed by atoms with Gasteiger partial charge in [0.2, 0.25) is 0 Å². The molecule has 0 aromatic carbocycles. The number of amides is 1. The smallest absolute Gasteiger partial charge is 0.413 e. The van der Waals surface area contributed by atoms with Gasteiger partial charge < -0.3 is 9.84 Å². The number of carboxylic acid groups (broad SMARTS) is 1. The number of aromatic nitrogens is 3. The number of anilines is 1. The summed E-state index contributed by atoms with van der Waals surface area (Å²) in [6.45, 7) is 3.49. The van der Waals surface area contributed by atoms with Gasteiger partial charge in [-0.05, 0) is 6.07 Å². The topological polar surface area (TPSA) is 117 Å². The van der Waals surface area contributed by atoms with Crippen LogP contribution in [0.1, 0.15) is 10.4 Å². The van der Waals surface area contributed by atoms with Crippen molar-refractivity contribution in [2.45, 2.75) is 0 Å². The molecule has 0 spiro atoms. The molecule has 0 atom stereocenters. The number of hydrogen-bond acceptors (Lipinski definition) is 5. The van der Waals surface area contributed by atoms with Gasteiger partial charge in [0.05, 0.1) is 11.1 Å². The number of H-pyrrole nitrogens is 1. The summed E-state index contributed by atoms with van der Waals surface area (Å²) in [7, 11) is 0. The highest BCUT2D eigenvalue weighted by molar-refractivity contribution is 5.97. The van der Waals surface area contributed by atoms with E-state index in [2.05, 4.69) is 27.1 Å². The van der Waals surface area contributed by atoms with Gasteiger partial charge in [-0.15, -0.1) is 0 Å². The maximum Gasteiger partial charge on any atom is 0.413 e. The molecule has 0 fully saturated rings. The van der Waals surface area contributed by atoms with E-state index in [0.717, 1.165) is 0 Å². The highest BCUT2D eigenvalue weighted by atomic mass is 16.5. The van der Waals surface area contributed by atoms with E-state index in [1.807, 2.05) is 0 Å². The summed E-state index contributed by atoms with van der Waals surface area (Å²) < 4.78 is 4.73. The summed E-state index contributed by atoms with van der Waals surface area (Å²) in [4.78, 5) is 26.0. The van der Waals surface area contributed by atoms with Crippen LogP contribution in [0.2, 0.25) is 0 Å². The minimum atomic E-state index is -1.09. The van der Waals surface area contributed by atoms with E-state index >= 15 is 0 Å². The molecule has 0 saturated heterocycles. The molecule has 0 saturated carbocycles. The van der Waals surface area contributed by atoms with E-state index in [0.29, 0.717) is 11.0 Å². The fourth-order valence-electron chi connectivity index (χ4n) is 1.38. The van der Waals surface area contributed by atoms with Crippen molar-refractivity contribution in [2.75, 3.05) is 11.9 Å². The number of hydrogen-bond donors (Lipinski definition) is 3. The number of aromatic amines is 1. The Morgan fingerprint density at radius 2 is 2.37 bits per heavy atom. The predicted octanol–water partition coefficient (Wildman–Crippen LogP) is 1.39. The van der Waals surface area contributed by atoms with Crippen molar-refractivity contribution >= 4 is 28.9 Å². The fraction of sp³-hybridized carbons (Fsp3) is 0.0909.